The van der Waals surface area contributed by atoms with Crippen LogP contribution in [0.4, 0.5) is 5.82 Å². The van der Waals surface area contributed by atoms with Gasteiger partial charge in [0.05, 0.1) is 17.2 Å². The Kier molecular flexibility index (Phi) is 5.57. The van der Waals surface area contributed by atoms with E-state index in [1.54, 1.807) is 18.2 Å². The second kappa shape index (κ2) is 8.18. The largest absolute Gasteiger partial charge is 0.491 e. The Morgan fingerprint density at radius 1 is 1.26 bits per heavy atom. The smallest absolute Gasteiger partial charge is 0.267 e. The summed E-state index contributed by atoms with van der Waals surface area (Å²) in [5.41, 5.74) is 1.76. The number of ether oxygens (including phenoxy) is 1. The molecule has 0 saturated heterocycles. The van der Waals surface area contributed by atoms with E-state index >= 15 is 0 Å². The lowest BCUT2D eigenvalue weighted by Gasteiger charge is -2.26. The molecular formula is C21H25N5O4S. The van der Waals surface area contributed by atoms with Gasteiger partial charge in [-0.15, -0.1) is 0 Å². The first-order chi connectivity index (χ1) is 14.8. The van der Waals surface area contributed by atoms with E-state index in [4.69, 9.17) is 4.74 Å². The van der Waals surface area contributed by atoms with Crippen molar-refractivity contribution in [3.05, 3.63) is 41.9 Å². The fraction of sp³-hybridized carbons (Fsp3) is 0.381. The molecule has 1 atom stereocenters. The fourth-order valence-electron chi connectivity index (χ4n) is 3.67. The molecule has 0 saturated carbocycles. The number of amides is 1. The number of carbonyl (C=O) groups is 1. The number of aromatic nitrogens is 3. The van der Waals surface area contributed by atoms with Crippen molar-refractivity contribution in [2.24, 2.45) is 5.92 Å². The maximum absolute atomic E-state index is 12.5. The molecule has 3 N–H and O–H groups in total. The van der Waals surface area contributed by atoms with Crippen molar-refractivity contribution in [2.75, 3.05) is 24.2 Å². The molecule has 0 fully saturated rings. The Balaban J connectivity index is 1.72. The quantitative estimate of drug-likeness (QED) is 0.535. The first kappa shape index (κ1) is 21.1. The Bertz CT molecular complexity index is 1240. The van der Waals surface area contributed by atoms with Crippen molar-refractivity contribution in [3.8, 4) is 5.75 Å². The molecule has 31 heavy (non-hydrogen) atoms. The van der Waals surface area contributed by atoms with Crippen LogP contribution in [0.2, 0.25) is 0 Å². The molecule has 3 aromatic rings. The van der Waals surface area contributed by atoms with Crippen LogP contribution in [-0.2, 0) is 9.84 Å². The zero-order chi connectivity index (χ0) is 22.2. The van der Waals surface area contributed by atoms with Gasteiger partial charge in [-0.25, -0.2) is 18.4 Å². The molecule has 9 nitrogen and oxygen atoms in total. The van der Waals surface area contributed by atoms with E-state index < -0.39 is 9.84 Å². The predicted octanol–water partition coefficient (Wildman–Crippen LogP) is 2.68. The number of H-pyrrole nitrogens is 1. The summed E-state index contributed by atoms with van der Waals surface area (Å²) >= 11 is 0. The van der Waals surface area contributed by atoms with Crippen LogP contribution in [0.25, 0.3) is 11.0 Å². The SMILES string of the molecule is CCNC(=O)c1cc2c(N[C@@H](c3ccc4c(c3)S(=O)(=O)CCO4)C(C)C)ncnc2[nH]1. The third-order valence-corrected chi connectivity index (χ3v) is 6.93. The van der Waals surface area contributed by atoms with Crippen LogP contribution in [0.5, 0.6) is 5.75 Å². The number of benzene rings is 1. The van der Waals surface area contributed by atoms with E-state index in [9.17, 15) is 13.2 Å². The third-order valence-electron chi connectivity index (χ3n) is 5.24. The van der Waals surface area contributed by atoms with E-state index in [0.717, 1.165) is 5.56 Å². The van der Waals surface area contributed by atoms with Crippen LogP contribution < -0.4 is 15.4 Å². The molecule has 1 aliphatic heterocycles. The van der Waals surface area contributed by atoms with Gasteiger partial charge < -0.3 is 20.4 Å². The average molecular weight is 444 g/mol. The maximum Gasteiger partial charge on any atom is 0.267 e. The van der Waals surface area contributed by atoms with Crippen LogP contribution in [0.15, 0.2) is 35.5 Å². The van der Waals surface area contributed by atoms with Crippen LogP contribution in [0, 0.1) is 5.92 Å². The Morgan fingerprint density at radius 3 is 2.81 bits per heavy atom. The predicted molar refractivity (Wildman–Crippen MR) is 117 cm³/mol. The molecule has 0 aliphatic carbocycles. The molecule has 1 aromatic carbocycles. The normalized spacial score (nSPS) is 15.9. The lowest BCUT2D eigenvalue weighted by molar-refractivity contribution is 0.0951. The number of nitrogens with one attached hydrogen (secondary N) is 3. The summed E-state index contributed by atoms with van der Waals surface area (Å²) in [6, 6.07) is 6.75. The van der Waals surface area contributed by atoms with Crippen LogP contribution in [0.1, 0.15) is 42.9 Å². The second-order valence-corrected chi connectivity index (χ2v) is 9.84. The average Bonchev–Trinajstić information content (AvgIpc) is 3.17. The molecule has 164 valence electrons. The summed E-state index contributed by atoms with van der Waals surface area (Å²) in [6.45, 7) is 6.62. The Labute approximate surface area is 180 Å². The van der Waals surface area contributed by atoms with E-state index in [-0.39, 0.29) is 35.1 Å². The lowest BCUT2D eigenvalue weighted by Crippen LogP contribution is -2.23. The van der Waals surface area contributed by atoms with E-state index in [2.05, 4.69) is 25.6 Å². The van der Waals surface area contributed by atoms with Gasteiger partial charge in [-0.1, -0.05) is 19.9 Å². The van der Waals surface area contributed by atoms with Gasteiger partial charge in [-0.3, -0.25) is 4.79 Å². The summed E-state index contributed by atoms with van der Waals surface area (Å²) < 4.78 is 30.5. The number of nitrogens with zero attached hydrogens (tertiary/aromatic N) is 2. The summed E-state index contributed by atoms with van der Waals surface area (Å²) in [5.74, 6) is 0.831. The summed E-state index contributed by atoms with van der Waals surface area (Å²) in [6.07, 6.45) is 1.42. The number of aromatic amines is 1. The number of fused-ring (bicyclic) bond motifs is 2. The lowest BCUT2D eigenvalue weighted by atomic mass is 9.95. The zero-order valence-corrected chi connectivity index (χ0v) is 18.4. The number of sulfone groups is 1. The highest BCUT2D eigenvalue weighted by Gasteiger charge is 2.27. The molecular weight excluding hydrogens is 418 g/mol. The standard InChI is InChI=1S/C21H25N5O4S/c1-4-22-21(27)15-10-14-19(25-15)23-11-24-20(14)26-18(12(2)3)13-5-6-16-17(9-13)31(28,29)8-7-30-16/h5-6,9-12,18H,4,7-8H2,1-3H3,(H,22,27)(H2,23,24,25,26)/t18-/m1/s1. The number of rotatable bonds is 6. The van der Waals surface area contributed by atoms with Gasteiger partial charge in [0.15, 0.2) is 9.84 Å². The Morgan fingerprint density at radius 2 is 2.06 bits per heavy atom. The van der Waals surface area contributed by atoms with Gasteiger partial charge in [0.1, 0.15) is 40.7 Å². The maximum atomic E-state index is 12.5. The molecule has 2 aromatic heterocycles. The molecule has 0 bridgehead atoms. The number of anilines is 1. The first-order valence-electron chi connectivity index (χ1n) is 10.2. The first-order valence-corrected chi connectivity index (χ1v) is 11.8. The van der Waals surface area contributed by atoms with E-state index in [1.165, 1.54) is 6.33 Å². The summed E-state index contributed by atoms with van der Waals surface area (Å²) in [7, 11) is -3.37. The van der Waals surface area contributed by atoms with Gasteiger partial charge in [-0.05, 0) is 36.6 Å². The van der Waals surface area contributed by atoms with Crippen LogP contribution in [0.3, 0.4) is 0 Å². The van der Waals surface area contributed by atoms with E-state index in [1.807, 2.05) is 26.8 Å². The number of carbonyl (C=O) groups excluding carboxylic acids is 1. The molecule has 1 aliphatic rings. The highest BCUT2D eigenvalue weighted by atomic mass is 32.2. The van der Waals surface area contributed by atoms with Gasteiger partial charge >= 0.3 is 0 Å². The topological polar surface area (TPSA) is 126 Å². The van der Waals surface area contributed by atoms with Gasteiger partial charge in [0.25, 0.3) is 5.91 Å². The fourth-order valence-corrected chi connectivity index (χ4v) is 4.94. The summed E-state index contributed by atoms with van der Waals surface area (Å²) in [5, 5.41) is 6.86. The molecule has 10 heteroatoms. The molecule has 4 rings (SSSR count). The van der Waals surface area contributed by atoms with Crippen molar-refractivity contribution in [1.29, 1.82) is 0 Å². The highest BCUT2D eigenvalue weighted by molar-refractivity contribution is 7.91. The number of hydrogen-bond acceptors (Lipinski definition) is 7. The van der Waals surface area contributed by atoms with Crippen LogP contribution >= 0.6 is 0 Å². The van der Waals surface area contributed by atoms with Gasteiger partial charge in [0, 0.05) is 6.54 Å². The summed E-state index contributed by atoms with van der Waals surface area (Å²) in [4.78, 5) is 24.0. The minimum atomic E-state index is -3.37. The minimum Gasteiger partial charge on any atom is -0.491 e. The van der Waals surface area contributed by atoms with Crippen molar-refractivity contribution in [1.82, 2.24) is 20.3 Å². The van der Waals surface area contributed by atoms with Crippen molar-refractivity contribution >= 4 is 32.6 Å². The molecule has 0 spiro atoms. The third kappa shape index (κ3) is 4.07. The van der Waals surface area contributed by atoms with Crippen molar-refractivity contribution in [2.45, 2.75) is 31.7 Å². The second-order valence-electron chi connectivity index (χ2n) is 7.77. The van der Waals surface area contributed by atoms with Crippen LogP contribution in [-0.4, -0.2) is 48.2 Å². The van der Waals surface area contributed by atoms with Crippen molar-refractivity contribution < 1.29 is 17.9 Å². The van der Waals surface area contributed by atoms with E-state index in [0.29, 0.717) is 34.8 Å². The monoisotopic (exact) mass is 443 g/mol. The molecule has 0 unspecified atom stereocenters. The van der Waals surface area contributed by atoms with Gasteiger partial charge in [0.2, 0.25) is 0 Å². The van der Waals surface area contributed by atoms with Gasteiger partial charge in [-0.2, -0.15) is 0 Å². The molecule has 0 radical (unpaired) electrons. The molecule has 1 amide bonds. The minimum absolute atomic E-state index is 0.0261. The molecule has 3 heterocycles. The highest BCUT2D eigenvalue weighted by Crippen LogP contribution is 2.35. The Hall–Kier alpha value is -3.14. The van der Waals surface area contributed by atoms with Crippen molar-refractivity contribution in [3.63, 3.8) is 0 Å². The zero-order valence-electron chi connectivity index (χ0n) is 17.6. The number of hydrogen-bond donors (Lipinski definition) is 3.